The predicted octanol–water partition coefficient (Wildman–Crippen LogP) is 6.17. The molecule has 0 heterocycles. The molecular weight excluding hydrogens is 668 g/mol. The molecule has 11 nitrogen and oxygen atoms in total. The highest BCUT2D eigenvalue weighted by Gasteiger charge is 2.35. The molecule has 0 radical (unpaired) electrons. The van der Waals surface area contributed by atoms with Crippen molar-refractivity contribution in [1.82, 2.24) is 10.2 Å². The quantitative estimate of drug-likeness (QED) is 0.115. The first kappa shape index (κ1) is 36.9. The number of anilines is 1. The summed E-state index contributed by atoms with van der Waals surface area (Å²) in [4.78, 5) is 40.6. The summed E-state index contributed by atoms with van der Waals surface area (Å²) in [6, 6.07) is 24.7. The van der Waals surface area contributed by atoms with Gasteiger partial charge >= 0.3 is 0 Å². The fourth-order valence-electron chi connectivity index (χ4n) is 5.16. The number of aryl methyl sites for hydroxylation is 1. The summed E-state index contributed by atoms with van der Waals surface area (Å²) in [7, 11) is -3.10. The number of carbonyl (C=O) groups is 2. The summed E-state index contributed by atoms with van der Waals surface area (Å²) < 4.78 is 34.8. The molecule has 0 saturated heterocycles. The first-order chi connectivity index (χ1) is 23.3. The number of rotatable bonds is 15. The Morgan fingerprint density at radius 3 is 2.22 bits per heavy atom. The van der Waals surface area contributed by atoms with Gasteiger partial charge in [0.25, 0.3) is 15.7 Å². The van der Waals surface area contributed by atoms with Gasteiger partial charge < -0.3 is 15.0 Å². The molecule has 0 fully saturated rings. The Morgan fingerprint density at radius 1 is 0.939 bits per heavy atom. The molecule has 4 aromatic carbocycles. The minimum absolute atomic E-state index is 0.0570. The van der Waals surface area contributed by atoms with Gasteiger partial charge in [0.05, 0.1) is 22.6 Å². The number of benzene rings is 4. The molecule has 4 rings (SSSR count). The number of hydrogen-bond donors (Lipinski definition) is 1. The van der Waals surface area contributed by atoms with E-state index in [-0.39, 0.29) is 40.7 Å². The molecule has 258 valence electrons. The van der Waals surface area contributed by atoms with Crippen LogP contribution in [0, 0.1) is 23.0 Å². The van der Waals surface area contributed by atoms with E-state index >= 15 is 0 Å². The van der Waals surface area contributed by atoms with E-state index in [0.29, 0.717) is 22.9 Å². The van der Waals surface area contributed by atoms with Crippen LogP contribution < -0.4 is 14.4 Å². The first-order valence-corrected chi connectivity index (χ1v) is 17.4. The van der Waals surface area contributed by atoms with Crippen molar-refractivity contribution in [3.63, 3.8) is 0 Å². The summed E-state index contributed by atoms with van der Waals surface area (Å²) in [6.07, 6.45) is 0.149. The Morgan fingerprint density at radius 2 is 1.61 bits per heavy atom. The molecule has 13 heteroatoms. The van der Waals surface area contributed by atoms with Gasteiger partial charge in [0.15, 0.2) is 0 Å². The smallest absolute Gasteiger partial charge is 0.273 e. The number of nitrogens with zero attached hydrogens (tertiary/aromatic N) is 3. The van der Waals surface area contributed by atoms with E-state index < -0.39 is 39.3 Å². The monoisotopic (exact) mass is 706 g/mol. The topological polar surface area (TPSA) is 139 Å². The van der Waals surface area contributed by atoms with E-state index in [9.17, 15) is 28.1 Å². The highest BCUT2D eigenvalue weighted by atomic mass is 35.5. The van der Waals surface area contributed by atoms with E-state index in [1.54, 1.807) is 36.4 Å². The Labute approximate surface area is 291 Å². The lowest BCUT2D eigenvalue weighted by atomic mass is 10.0. The van der Waals surface area contributed by atoms with Crippen molar-refractivity contribution in [3.05, 3.63) is 129 Å². The lowest BCUT2D eigenvalue weighted by Gasteiger charge is -2.34. The first-order valence-electron chi connectivity index (χ1n) is 15.6. The second-order valence-electron chi connectivity index (χ2n) is 11.9. The number of ether oxygens (including phenoxy) is 1. The van der Waals surface area contributed by atoms with Crippen molar-refractivity contribution >= 4 is 44.8 Å². The Bertz CT molecular complexity index is 1890. The van der Waals surface area contributed by atoms with Gasteiger partial charge in [-0.25, -0.2) is 8.42 Å². The van der Waals surface area contributed by atoms with E-state index in [1.165, 1.54) is 43.2 Å². The maximum absolute atomic E-state index is 14.6. The van der Waals surface area contributed by atoms with Gasteiger partial charge in [-0.3, -0.25) is 24.0 Å². The van der Waals surface area contributed by atoms with Crippen LogP contribution >= 0.6 is 11.6 Å². The maximum Gasteiger partial charge on any atom is 0.273 e. The minimum Gasteiger partial charge on any atom is -0.497 e. The molecule has 49 heavy (non-hydrogen) atoms. The van der Waals surface area contributed by atoms with Crippen LogP contribution in [0.1, 0.15) is 30.5 Å². The van der Waals surface area contributed by atoms with Gasteiger partial charge in [-0.2, -0.15) is 0 Å². The van der Waals surface area contributed by atoms with Gasteiger partial charge in [-0.15, -0.1) is 0 Å². The highest BCUT2D eigenvalue weighted by Crippen LogP contribution is 2.30. The normalized spacial score (nSPS) is 11.9. The highest BCUT2D eigenvalue weighted by molar-refractivity contribution is 7.92. The fourth-order valence-corrected chi connectivity index (χ4v) is 6.81. The maximum atomic E-state index is 14.6. The van der Waals surface area contributed by atoms with E-state index in [2.05, 4.69) is 5.32 Å². The molecule has 0 aliphatic heterocycles. The largest absolute Gasteiger partial charge is 0.497 e. The van der Waals surface area contributed by atoms with Gasteiger partial charge in [-0.05, 0) is 66.4 Å². The number of carbonyl (C=O) groups excluding carboxylic acids is 2. The van der Waals surface area contributed by atoms with E-state index in [0.717, 1.165) is 15.9 Å². The van der Waals surface area contributed by atoms with Crippen LogP contribution in [0.15, 0.2) is 102 Å². The lowest BCUT2D eigenvalue weighted by molar-refractivity contribution is -0.385. The second kappa shape index (κ2) is 16.4. The van der Waals surface area contributed by atoms with Gasteiger partial charge in [-0.1, -0.05) is 74.0 Å². The number of nitro benzene ring substituents is 1. The van der Waals surface area contributed by atoms with Gasteiger partial charge in [0, 0.05) is 36.2 Å². The molecule has 0 bridgehead atoms. The molecule has 0 aromatic heterocycles. The number of hydrogen-bond acceptors (Lipinski definition) is 7. The predicted molar refractivity (Wildman–Crippen MR) is 189 cm³/mol. The van der Waals surface area contributed by atoms with Crippen LogP contribution in [0.4, 0.5) is 11.4 Å². The zero-order valence-electron chi connectivity index (χ0n) is 27.7. The standard InChI is InChI=1S/C36H39ClN4O7S/c1-25(2)22-38-36(43)34(20-27-9-6-5-7-10-27)39(23-28-11-8-12-29(37)19-28)35(42)24-40(30-14-16-31(48-4)17-15-30)49(46,47)32-18-13-26(3)33(21-32)41(44)45/h5-19,21,25,34H,20,22-24H2,1-4H3,(H,38,43). The molecular formula is C36H39ClN4O7S. The number of nitro groups is 1. The molecule has 0 saturated carbocycles. The van der Waals surface area contributed by atoms with Crippen molar-refractivity contribution in [2.75, 3.05) is 24.5 Å². The molecule has 4 aromatic rings. The summed E-state index contributed by atoms with van der Waals surface area (Å²) in [6.45, 7) is 4.99. The Hall–Kier alpha value is -4.94. The second-order valence-corrected chi connectivity index (χ2v) is 14.2. The van der Waals surface area contributed by atoms with Crippen LogP contribution in [-0.4, -0.2) is 56.3 Å². The van der Waals surface area contributed by atoms with Gasteiger partial charge in [0.2, 0.25) is 11.8 Å². The minimum atomic E-state index is -4.56. The van der Waals surface area contributed by atoms with Crippen molar-refractivity contribution in [3.8, 4) is 5.75 Å². The van der Waals surface area contributed by atoms with E-state index in [4.69, 9.17) is 16.3 Å². The summed E-state index contributed by atoms with van der Waals surface area (Å²) in [5.41, 5.74) is 1.43. The SMILES string of the molecule is COc1ccc(N(CC(=O)N(Cc2cccc(Cl)c2)C(Cc2ccccc2)C(=O)NCC(C)C)S(=O)(=O)c2ccc(C)c([N+](=O)[O-])c2)cc1. The molecule has 0 aliphatic rings. The molecule has 1 atom stereocenters. The zero-order valence-corrected chi connectivity index (χ0v) is 29.3. The Balaban J connectivity index is 1.84. The van der Waals surface area contributed by atoms with Crippen LogP contribution in [0.25, 0.3) is 0 Å². The van der Waals surface area contributed by atoms with Crippen LogP contribution in [-0.2, 0) is 32.6 Å². The zero-order chi connectivity index (χ0) is 35.7. The number of halogens is 1. The van der Waals surface area contributed by atoms with Crippen LogP contribution in [0.5, 0.6) is 5.75 Å². The van der Waals surface area contributed by atoms with Crippen molar-refractivity contribution in [1.29, 1.82) is 0 Å². The van der Waals surface area contributed by atoms with Crippen molar-refractivity contribution in [2.24, 2.45) is 5.92 Å². The Kier molecular flexibility index (Phi) is 12.4. The van der Waals surface area contributed by atoms with Crippen molar-refractivity contribution in [2.45, 2.75) is 44.7 Å². The van der Waals surface area contributed by atoms with E-state index in [1.807, 2.05) is 44.2 Å². The third-order valence-electron chi connectivity index (χ3n) is 7.80. The molecule has 2 amide bonds. The third kappa shape index (κ3) is 9.58. The van der Waals surface area contributed by atoms with Gasteiger partial charge in [0.1, 0.15) is 18.3 Å². The molecule has 0 aliphatic carbocycles. The fraction of sp³-hybridized carbons (Fsp3) is 0.278. The summed E-state index contributed by atoms with van der Waals surface area (Å²) in [5.74, 6) is -0.499. The number of amides is 2. The molecule has 1 N–H and O–H groups in total. The van der Waals surface area contributed by atoms with Crippen LogP contribution in [0.3, 0.4) is 0 Å². The number of methoxy groups -OCH3 is 1. The third-order valence-corrected chi connectivity index (χ3v) is 9.81. The number of sulfonamides is 1. The average Bonchev–Trinajstić information content (AvgIpc) is 3.08. The summed E-state index contributed by atoms with van der Waals surface area (Å²) >= 11 is 6.30. The lowest BCUT2D eigenvalue weighted by Crippen LogP contribution is -2.53. The van der Waals surface area contributed by atoms with Crippen LogP contribution in [0.2, 0.25) is 5.02 Å². The van der Waals surface area contributed by atoms with Crippen molar-refractivity contribution < 1.29 is 27.7 Å². The molecule has 0 spiro atoms. The summed E-state index contributed by atoms with van der Waals surface area (Å²) in [5, 5.41) is 15.1. The average molecular weight is 707 g/mol. The molecule has 1 unspecified atom stereocenters. The number of nitrogens with one attached hydrogen (secondary N) is 1.